The molecule has 1 aliphatic heterocycles. The van der Waals surface area contributed by atoms with E-state index < -0.39 is 5.97 Å². The fourth-order valence-electron chi connectivity index (χ4n) is 3.21. The molecule has 3 aromatic rings. The fourth-order valence-corrected chi connectivity index (χ4v) is 3.34. The highest BCUT2D eigenvalue weighted by molar-refractivity contribution is 6.30. The summed E-state index contributed by atoms with van der Waals surface area (Å²) in [5.41, 5.74) is 4.19. The quantitative estimate of drug-likeness (QED) is 0.330. The number of ether oxygens (including phenoxy) is 2. The molecule has 0 atom stereocenters. The van der Waals surface area contributed by atoms with Gasteiger partial charge in [-0.05, 0) is 64.6 Å². The molecule has 0 saturated carbocycles. The van der Waals surface area contributed by atoms with Gasteiger partial charge in [0.2, 0.25) is 5.90 Å². The molecule has 0 unspecified atom stereocenters. The van der Waals surface area contributed by atoms with Gasteiger partial charge in [-0.2, -0.15) is 0 Å². The molecule has 32 heavy (non-hydrogen) atoms. The Kier molecular flexibility index (Phi) is 6.15. The van der Waals surface area contributed by atoms with Gasteiger partial charge in [-0.1, -0.05) is 68.8 Å². The second-order valence-corrected chi connectivity index (χ2v) is 9.08. The molecule has 0 radical (unpaired) electrons. The second-order valence-electron chi connectivity index (χ2n) is 8.65. The standard InChI is InChI=1S/C27H24ClNO3/c1-27(2,3)21-10-8-20(9-11-21)25-29-24(26(30)32-25)16-18-6-14-23(15-7-18)31-17-19-4-12-22(28)13-5-19/h4-16H,17H2,1-3H3/b24-16+. The molecule has 0 N–H and O–H groups in total. The van der Waals surface area contributed by atoms with Gasteiger partial charge in [0.1, 0.15) is 12.4 Å². The lowest BCUT2D eigenvalue weighted by Gasteiger charge is -2.18. The van der Waals surface area contributed by atoms with Crippen molar-refractivity contribution >= 4 is 29.5 Å². The maximum Gasteiger partial charge on any atom is 0.363 e. The first-order valence-corrected chi connectivity index (χ1v) is 10.8. The molecule has 4 rings (SSSR count). The van der Waals surface area contributed by atoms with E-state index in [0.717, 1.165) is 22.4 Å². The normalized spacial score (nSPS) is 14.9. The lowest BCUT2D eigenvalue weighted by Crippen LogP contribution is -2.11. The van der Waals surface area contributed by atoms with E-state index in [1.165, 1.54) is 5.56 Å². The predicted octanol–water partition coefficient (Wildman–Crippen LogP) is 6.56. The lowest BCUT2D eigenvalue weighted by molar-refractivity contribution is -0.129. The molecule has 162 valence electrons. The van der Waals surface area contributed by atoms with E-state index in [2.05, 4.69) is 25.8 Å². The molecular weight excluding hydrogens is 422 g/mol. The summed E-state index contributed by atoms with van der Waals surface area (Å²) in [5.74, 6) is 0.604. The Hall–Kier alpha value is -3.37. The van der Waals surface area contributed by atoms with Crippen LogP contribution in [0, 0.1) is 0 Å². The summed E-state index contributed by atoms with van der Waals surface area (Å²) in [6.45, 7) is 6.92. The molecule has 0 fully saturated rings. The van der Waals surface area contributed by atoms with Crippen molar-refractivity contribution in [2.45, 2.75) is 32.8 Å². The van der Waals surface area contributed by atoms with Crippen LogP contribution in [0.25, 0.3) is 6.08 Å². The molecule has 0 bridgehead atoms. The average molecular weight is 446 g/mol. The van der Waals surface area contributed by atoms with Crippen LogP contribution >= 0.6 is 11.6 Å². The molecule has 0 aliphatic carbocycles. The number of esters is 1. The number of hydrogen-bond acceptors (Lipinski definition) is 4. The third kappa shape index (κ3) is 5.27. The van der Waals surface area contributed by atoms with E-state index in [9.17, 15) is 4.79 Å². The maximum absolute atomic E-state index is 12.3. The summed E-state index contributed by atoms with van der Waals surface area (Å²) in [4.78, 5) is 16.7. The van der Waals surface area contributed by atoms with Gasteiger partial charge in [-0.15, -0.1) is 0 Å². The number of cyclic esters (lactones) is 1. The van der Waals surface area contributed by atoms with Crippen molar-refractivity contribution < 1.29 is 14.3 Å². The molecule has 3 aromatic carbocycles. The maximum atomic E-state index is 12.3. The van der Waals surface area contributed by atoms with Crippen molar-refractivity contribution in [2.24, 2.45) is 4.99 Å². The Labute approximate surface area is 193 Å². The Bertz CT molecular complexity index is 1170. The van der Waals surface area contributed by atoms with Crippen molar-refractivity contribution in [2.75, 3.05) is 0 Å². The number of halogens is 1. The minimum atomic E-state index is -0.456. The molecular formula is C27H24ClNO3. The van der Waals surface area contributed by atoms with Crippen molar-refractivity contribution in [1.82, 2.24) is 0 Å². The van der Waals surface area contributed by atoms with Gasteiger partial charge in [0.15, 0.2) is 5.70 Å². The highest BCUT2D eigenvalue weighted by Gasteiger charge is 2.24. The SMILES string of the molecule is CC(C)(C)c1ccc(C2=N/C(=C/c3ccc(OCc4ccc(Cl)cc4)cc3)C(=O)O2)cc1. The topological polar surface area (TPSA) is 47.9 Å². The molecule has 5 heteroatoms. The van der Waals surface area contributed by atoms with Crippen molar-refractivity contribution in [3.8, 4) is 5.75 Å². The Balaban J connectivity index is 1.44. The van der Waals surface area contributed by atoms with Crippen LogP contribution in [-0.2, 0) is 21.6 Å². The van der Waals surface area contributed by atoms with Crippen LogP contribution in [0.4, 0.5) is 0 Å². The van der Waals surface area contributed by atoms with E-state index in [-0.39, 0.29) is 11.1 Å². The third-order valence-electron chi connectivity index (χ3n) is 5.12. The first-order chi connectivity index (χ1) is 15.3. The van der Waals surface area contributed by atoms with Gasteiger partial charge in [-0.3, -0.25) is 0 Å². The van der Waals surface area contributed by atoms with Crippen LogP contribution in [-0.4, -0.2) is 11.9 Å². The lowest BCUT2D eigenvalue weighted by atomic mass is 9.87. The molecule has 0 amide bonds. The summed E-state index contributed by atoms with van der Waals surface area (Å²) in [7, 11) is 0. The number of carbonyl (C=O) groups is 1. The number of rotatable bonds is 5. The van der Waals surface area contributed by atoms with Crippen LogP contribution in [0.1, 0.15) is 43.0 Å². The molecule has 4 nitrogen and oxygen atoms in total. The van der Waals surface area contributed by atoms with E-state index in [1.807, 2.05) is 72.8 Å². The van der Waals surface area contributed by atoms with Crippen LogP contribution in [0.3, 0.4) is 0 Å². The van der Waals surface area contributed by atoms with E-state index >= 15 is 0 Å². The minimum Gasteiger partial charge on any atom is -0.489 e. The van der Waals surface area contributed by atoms with Crippen LogP contribution < -0.4 is 4.74 Å². The molecule has 1 heterocycles. The molecule has 0 aromatic heterocycles. The summed E-state index contributed by atoms with van der Waals surface area (Å²) in [5, 5.41) is 0.698. The number of carbonyl (C=O) groups excluding carboxylic acids is 1. The molecule has 0 saturated heterocycles. The van der Waals surface area contributed by atoms with Crippen LogP contribution in [0.5, 0.6) is 5.75 Å². The first-order valence-electron chi connectivity index (χ1n) is 10.4. The van der Waals surface area contributed by atoms with Gasteiger partial charge in [0, 0.05) is 10.6 Å². The Morgan fingerprint density at radius 3 is 2.22 bits per heavy atom. The number of benzene rings is 3. The number of aliphatic imine (C=N–C) groups is 1. The van der Waals surface area contributed by atoms with E-state index in [4.69, 9.17) is 21.1 Å². The van der Waals surface area contributed by atoms with Crippen molar-refractivity contribution in [1.29, 1.82) is 0 Å². The van der Waals surface area contributed by atoms with E-state index in [1.54, 1.807) is 6.08 Å². The van der Waals surface area contributed by atoms with Gasteiger partial charge < -0.3 is 9.47 Å². The molecule has 1 aliphatic rings. The summed E-state index contributed by atoms with van der Waals surface area (Å²) >= 11 is 5.90. The zero-order valence-electron chi connectivity index (χ0n) is 18.3. The van der Waals surface area contributed by atoms with E-state index in [0.29, 0.717) is 17.5 Å². The third-order valence-corrected chi connectivity index (χ3v) is 5.37. The smallest absolute Gasteiger partial charge is 0.363 e. The zero-order chi connectivity index (χ0) is 22.7. The van der Waals surface area contributed by atoms with Gasteiger partial charge >= 0.3 is 5.97 Å². The van der Waals surface area contributed by atoms with Gasteiger partial charge in [-0.25, -0.2) is 9.79 Å². The summed E-state index contributed by atoms with van der Waals surface area (Å²) in [6.07, 6.45) is 1.71. The van der Waals surface area contributed by atoms with Gasteiger partial charge in [0.25, 0.3) is 0 Å². The molecule has 0 spiro atoms. The second kappa shape index (κ2) is 9.01. The van der Waals surface area contributed by atoms with Crippen LogP contribution in [0.2, 0.25) is 5.02 Å². The summed E-state index contributed by atoms with van der Waals surface area (Å²) in [6, 6.07) is 23.0. The Morgan fingerprint density at radius 2 is 1.59 bits per heavy atom. The number of nitrogens with zero attached hydrogens (tertiary/aromatic N) is 1. The van der Waals surface area contributed by atoms with Gasteiger partial charge in [0.05, 0.1) is 0 Å². The highest BCUT2D eigenvalue weighted by atomic mass is 35.5. The average Bonchev–Trinajstić information content (AvgIpc) is 3.14. The first kappa shape index (κ1) is 21.8. The zero-order valence-corrected chi connectivity index (χ0v) is 19.0. The van der Waals surface area contributed by atoms with Crippen molar-refractivity contribution in [3.63, 3.8) is 0 Å². The minimum absolute atomic E-state index is 0.0580. The van der Waals surface area contributed by atoms with Crippen molar-refractivity contribution in [3.05, 3.63) is 106 Å². The fraction of sp³-hybridized carbons (Fsp3) is 0.185. The summed E-state index contributed by atoms with van der Waals surface area (Å²) < 4.78 is 11.2. The van der Waals surface area contributed by atoms with Crippen LogP contribution in [0.15, 0.2) is 83.5 Å². The monoisotopic (exact) mass is 445 g/mol. The predicted molar refractivity (Wildman–Crippen MR) is 128 cm³/mol. The Morgan fingerprint density at radius 1 is 0.938 bits per heavy atom. The largest absolute Gasteiger partial charge is 0.489 e. The highest BCUT2D eigenvalue weighted by Crippen LogP contribution is 2.25. The number of hydrogen-bond donors (Lipinski definition) is 0.